The van der Waals surface area contributed by atoms with Crippen LogP contribution in [-0.4, -0.2) is 35.9 Å². The van der Waals surface area contributed by atoms with Crippen molar-refractivity contribution in [2.24, 2.45) is 0 Å². The predicted molar refractivity (Wildman–Crippen MR) is 86.9 cm³/mol. The number of carbonyl (C=O) groups is 1. The van der Waals surface area contributed by atoms with Gasteiger partial charge in [0.15, 0.2) is 0 Å². The summed E-state index contributed by atoms with van der Waals surface area (Å²) < 4.78 is 0. The number of hydrogen-bond donors (Lipinski definition) is 1. The molecule has 1 aliphatic heterocycles. The molecule has 0 spiro atoms. The summed E-state index contributed by atoms with van der Waals surface area (Å²) in [5, 5.41) is 3.07. The molecule has 1 fully saturated rings. The molecule has 0 atom stereocenters. The highest BCUT2D eigenvalue weighted by molar-refractivity contribution is 5.95. The third-order valence-corrected chi connectivity index (χ3v) is 3.99. The zero-order valence-corrected chi connectivity index (χ0v) is 13.7. The molecule has 1 aromatic heterocycles. The van der Waals surface area contributed by atoms with Gasteiger partial charge in [0, 0.05) is 36.8 Å². The van der Waals surface area contributed by atoms with Gasteiger partial charge in [-0.25, -0.2) is 4.98 Å². The molecule has 0 unspecified atom stereocenters. The molecule has 1 N–H and O–H groups in total. The van der Waals surface area contributed by atoms with E-state index in [0.717, 1.165) is 43.0 Å². The fourth-order valence-electron chi connectivity index (χ4n) is 2.62. The van der Waals surface area contributed by atoms with Gasteiger partial charge in [-0.1, -0.05) is 33.6 Å². The monoisotopic (exact) mass is 289 g/mol. The van der Waals surface area contributed by atoms with Gasteiger partial charge in [-0.15, -0.1) is 0 Å². The third-order valence-electron chi connectivity index (χ3n) is 3.99. The minimum Gasteiger partial charge on any atom is -0.373 e. The fraction of sp³-hybridized carbons (Fsp3) is 0.647. The Labute approximate surface area is 127 Å². The van der Waals surface area contributed by atoms with Crippen LogP contribution in [0.15, 0.2) is 12.1 Å². The largest absolute Gasteiger partial charge is 0.373 e. The average molecular weight is 289 g/mol. The summed E-state index contributed by atoms with van der Waals surface area (Å²) in [5.41, 5.74) is 1.63. The van der Waals surface area contributed by atoms with Crippen molar-refractivity contribution in [1.82, 2.24) is 9.88 Å². The van der Waals surface area contributed by atoms with Gasteiger partial charge < -0.3 is 10.2 Å². The summed E-state index contributed by atoms with van der Waals surface area (Å²) in [7, 11) is 1.84. The number of likely N-dealkylation sites (tertiary alicyclic amines) is 1. The summed E-state index contributed by atoms with van der Waals surface area (Å²) >= 11 is 0. The number of nitrogens with one attached hydrogen (secondary N) is 1. The molecule has 0 saturated carbocycles. The van der Waals surface area contributed by atoms with Gasteiger partial charge in [0.2, 0.25) is 0 Å². The number of nitrogens with zero attached hydrogens (tertiary/aromatic N) is 2. The Morgan fingerprint density at radius 3 is 2.29 bits per heavy atom. The number of rotatable bonds is 2. The second-order valence-electron chi connectivity index (χ2n) is 6.83. The van der Waals surface area contributed by atoms with E-state index in [1.54, 1.807) is 0 Å². The third kappa shape index (κ3) is 3.96. The number of hydrogen-bond acceptors (Lipinski definition) is 3. The number of amides is 1. The lowest BCUT2D eigenvalue weighted by atomic mass is 9.90. The van der Waals surface area contributed by atoms with Crippen molar-refractivity contribution in [2.45, 2.75) is 51.9 Å². The van der Waals surface area contributed by atoms with Crippen molar-refractivity contribution in [3.05, 3.63) is 23.4 Å². The van der Waals surface area contributed by atoms with Gasteiger partial charge >= 0.3 is 0 Å². The molecule has 1 amide bonds. The molecule has 1 saturated heterocycles. The van der Waals surface area contributed by atoms with E-state index in [9.17, 15) is 4.79 Å². The van der Waals surface area contributed by atoms with Crippen LogP contribution >= 0.6 is 0 Å². The minimum absolute atomic E-state index is 0.0688. The van der Waals surface area contributed by atoms with E-state index in [1.807, 2.05) is 24.1 Å². The number of carbonyl (C=O) groups excluding carboxylic acids is 1. The van der Waals surface area contributed by atoms with Crippen LogP contribution in [0.4, 0.5) is 5.82 Å². The van der Waals surface area contributed by atoms with Crippen molar-refractivity contribution in [3.8, 4) is 0 Å². The van der Waals surface area contributed by atoms with Crippen LogP contribution in [0.25, 0.3) is 0 Å². The van der Waals surface area contributed by atoms with E-state index in [-0.39, 0.29) is 11.3 Å². The summed E-state index contributed by atoms with van der Waals surface area (Å²) in [6, 6.07) is 3.82. The summed E-state index contributed by atoms with van der Waals surface area (Å²) in [6.45, 7) is 8.11. The quantitative estimate of drug-likeness (QED) is 0.907. The normalized spacial score (nSPS) is 16.5. The van der Waals surface area contributed by atoms with E-state index < -0.39 is 0 Å². The Bertz CT molecular complexity index is 497. The van der Waals surface area contributed by atoms with Crippen molar-refractivity contribution in [3.63, 3.8) is 0 Å². The number of aromatic nitrogens is 1. The smallest absolute Gasteiger partial charge is 0.254 e. The highest BCUT2D eigenvalue weighted by atomic mass is 16.2. The fourth-order valence-corrected chi connectivity index (χ4v) is 2.62. The Balaban J connectivity index is 2.31. The molecule has 2 heterocycles. The van der Waals surface area contributed by atoms with Gasteiger partial charge in [-0.05, 0) is 25.0 Å². The first kappa shape index (κ1) is 15.8. The molecule has 0 aromatic carbocycles. The van der Waals surface area contributed by atoms with Crippen molar-refractivity contribution < 1.29 is 4.79 Å². The highest BCUT2D eigenvalue weighted by Gasteiger charge is 2.22. The van der Waals surface area contributed by atoms with Gasteiger partial charge in [0.25, 0.3) is 5.91 Å². The standard InChI is InChI=1S/C17H27N3O/c1-17(2,3)14-11-13(12-15(18-4)19-14)16(21)20-9-7-5-6-8-10-20/h11-12H,5-10H2,1-4H3,(H,18,19). The van der Waals surface area contributed by atoms with E-state index in [2.05, 4.69) is 31.1 Å². The topological polar surface area (TPSA) is 45.2 Å². The zero-order chi connectivity index (χ0) is 15.5. The van der Waals surface area contributed by atoms with E-state index >= 15 is 0 Å². The van der Waals surface area contributed by atoms with E-state index in [0.29, 0.717) is 0 Å². The Hall–Kier alpha value is -1.58. The summed E-state index contributed by atoms with van der Waals surface area (Å²) in [5.74, 6) is 0.905. The first-order valence-corrected chi connectivity index (χ1v) is 7.91. The van der Waals surface area contributed by atoms with E-state index in [1.165, 1.54) is 12.8 Å². The van der Waals surface area contributed by atoms with Gasteiger partial charge in [-0.3, -0.25) is 4.79 Å². The Morgan fingerprint density at radius 1 is 1.14 bits per heavy atom. The van der Waals surface area contributed by atoms with Crippen molar-refractivity contribution >= 4 is 11.7 Å². The van der Waals surface area contributed by atoms with Gasteiger partial charge in [0.1, 0.15) is 5.82 Å². The molecule has 4 nitrogen and oxygen atoms in total. The SMILES string of the molecule is CNc1cc(C(=O)N2CCCCCC2)cc(C(C)(C)C)n1. The second kappa shape index (κ2) is 6.46. The second-order valence-corrected chi connectivity index (χ2v) is 6.83. The van der Waals surface area contributed by atoms with Crippen LogP contribution in [0.5, 0.6) is 0 Å². The Morgan fingerprint density at radius 2 is 1.76 bits per heavy atom. The average Bonchev–Trinajstić information content (AvgIpc) is 2.74. The van der Waals surface area contributed by atoms with Crippen molar-refractivity contribution in [2.75, 3.05) is 25.5 Å². The summed E-state index contributed by atoms with van der Waals surface area (Å²) in [4.78, 5) is 19.4. The maximum absolute atomic E-state index is 12.8. The number of pyridine rings is 1. The first-order chi connectivity index (χ1) is 9.91. The minimum atomic E-state index is -0.0688. The zero-order valence-electron chi connectivity index (χ0n) is 13.7. The van der Waals surface area contributed by atoms with Crippen LogP contribution in [0.2, 0.25) is 0 Å². The van der Waals surface area contributed by atoms with Gasteiger partial charge in [-0.2, -0.15) is 0 Å². The molecular weight excluding hydrogens is 262 g/mol. The molecule has 116 valence electrons. The molecule has 2 rings (SSSR count). The van der Waals surface area contributed by atoms with Crippen LogP contribution in [-0.2, 0) is 5.41 Å². The van der Waals surface area contributed by atoms with Crippen LogP contribution < -0.4 is 5.32 Å². The molecule has 1 aliphatic rings. The lowest BCUT2D eigenvalue weighted by molar-refractivity contribution is 0.0761. The molecule has 0 aliphatic carbocycles. The molecule has 0 bridgehead atoms. The van der Waals surface area contributed by atoms with E-state index in [4.69, 9.17) is 0 Å². The van der Waals surface area contributed by atoms with Crippen LogP contribution in [0.1, 0.15) is 62.5 Å². The maximum Gasteiger partial charge on any atom is 0.254 e. The lowest BCUT2D eigenvalue weighted by Crippen LogP contribution is -2.32. The van der Waals surface area contributed by atoms with Crippen LogP contribution in [0.3, 0.4) is 0 Å². The molecule has 21 heavy (non-hydrogen) atoms. The molecular formula is C17H27N3O. The molecule has 4 heteroatoms. The Kier molecular flexibility index (Phi) is 4.86. The van der Waals surface area contributed by atoms with Crippen molar-refractivity contribution in [1.29, 1.82) is 0 Å². The van der Waals surface area contributed by atoms with Gasteiger partial charge in [0.05, 0.1) is 0 Å². The number of anilines is 1. The molecule has 1 aromatic rings. The maximum atomic E-state index is 12.8. The lowest BCUT2D eigenvalue weighted by Gasteiger charge is -2.23. The molecule has 0 radical (unpaired) electrons. The first-order valence-electron chi connectivity index (χ1n) is 7.91. The predicted octanol–water partition coefficient (Wildman–Crippen LogP) is 3.44. The summed E-state index contributed by atoms with van der Waals surface area (Å²) in [6.07, 6.45) is 4.69. The van der Waals surface area contributed by atoms with Crippen LogP contribution in [0, 0.1) is 0 Å². The highest BCUT2D eigenvalue weighted by Crippen LogP contribution is 2.24.